The van der Waals surface area contributed by atoms with Gasteiger partial charge in [0, 0.05) is 11.1 Å². The minimum Gasteiger partial charge on any atom is -0.418 e. The molecule has 1 N–H and O–H groups in total. The second-order valence-electron chi connectivity index (χ2n) is 4.70. The van der Waals surface area contributed by atoms with Gasteiger partial charge in [-0.3, -0.25) is 10.1 Å². The summed E-state index contributed by atoms with van der Waals surface area (Å²) in [6, 6.07) is 15.8. The molecule has 0 radical (unpaired) electrons. The smallest absolute Gasteiger partial charge is 0.416 e. The van der Waals surface area contributed by atoms with Crippen molar-refractivity contribution in [3.63, 3.8) is 0 Å². The maximum absolute atomic E-state index is 11.9. The molecule has 0 saturated heterocycles. The number of fused-ring (bicyclic) bond motifs is 1. The molecule has 0 aliphatic carbocycles. The molecule has 120 valence electrons. The van der Waals surface area contributed by atoms with Gasteiger partial charge in [-0.25, -0.2) is 4.79 Å². The quantitative estimate of drug-likeness (QED) is 0.247. The summed E-state index contributed by atoms with van der Waals surface area (Å²) in [5.41, 5.74) is -0.581. The molecule has 0 unspecified atom stereocenters. The monoisotopic (exact) mass is 358 g/mol. The SMILES string of the molecule is O=c1oc2ccccc2c(SC(=S)Nc2ccccc2)c1[N+](=O)[O-]. The molecule has 0 spiro atoms. The number of benzene rings is 2. The average molecular weight is 358 g/mol. The van der Waals surface area contributed by atoms with Gasteiger partial charge in [0.05, 0.1) is 4.92 Å². The van der Waals surface area contributed by atoms with Crippen LogP contribution < -0.4 is 10.9 Å². The lowest BCUT2D eigenvalue weighted by Crippen LogP contribution is -2.11. The minimum absolute atomic E-state index is 0.167. The highest BCUT2D eigenvalue weighted by Crippen LogP contribution is 2.34. The number of thiocarbonyl (C=S) groups is 1. The van der Waals surface area contributed by atoms with Crippen LogP contribution in [0.15, 0.2) is 68.7 Å². The van der Waals surface area contributed by atoms with Crippen molar-refractivity contribution in [2.75, 3.05) is 5.32 Å². The number of para-hydroxylation sites is 2. The Morgan fingerprint density at radius 1 is 1.12 bits per heavy atom. The van der Waals surface area contributed by atoms with Crippen molar-refractivity contribution in [3.8, 4) is 0 Å². The van der Waals surface area contributed by atoms with Gasteiger partial charge in [-0.1, -0.05) is 54.3 Å². The third-order valence-corrected chi connectivity index (χ3v) is 4.40. The first-order valence-electron chi connectivity index (χ1n) is 6.80. The highest BCUT2D eigenvalue weighted by atomic mass is 32.2. The molecule has 8 heteroatoms. The first-order chi connectivity index (χ1) is 11.6. The predicted molar refractivity (Wildman–Crippen MR) is 97.7 cm³/mol. The Kier molecular flexibility index (Phi) is 4.59. The Morgan fingerprint density at radius 2 is 1.79 bits per heavy atom. The zero-order valence-electron chi connectivity index (χ0n) is 12.1. The molecule has 0 amide bonds. The number of thioether (sulfide) groups is 1. The first kappa shape index (κ1) is 16.2. The molecule has 6 nitrogen and oxygen atoms in total. The van der Waals surface area contributed by atoms with Gasteiger partial charge in [-0.2, -0.15) is 0 Å². The lowest BCUT2D eigenvalue weighted by atomic mass is 10.2. The van der Waals surface area contributed by atoms with Crippen LogP contribution in [0.5, 0.6) is 0 Å². The Hall–Kier alpha value is -2.71. The third-order valence-electron chi connectivity index (χ3n) is 3.14. The van der Waals surface area contributed by atoms with Crippen LogP contribution in [0.3, 0.4) is 0 Å². The molecule has 3 rings (SSSR count). The van der Waals surface area contributed by atoms with E-state index in [9.17, 15) is 14.9 Å². The third kappa shape index (κ3) is 3.29. The summed E-state index contributed by atoms with van der Waals surface area (Å²) < 4.78 is 5.31. The van der Waals surface area contributed by atoms with Crippen LogP contribution >= 0.6 is 24.0 Å². The van der Waals surface area contributed by atoms with E-state index in [-0.39, 0.29) is 10.5 Å². The fraction of sp³-hybridized carbons (Fsp3) is 0. The zero-order chi connectivity index (χ0) is 17.1. The normalized spacial score (nSPS) is 10.5. The van der Waals surface area contributed by atoms with Gasteiger partial charge in [-0.05, 0) is 24.3 Å². The van der Waals surface area contributed by atoms with Gasteiger partial charge in [0.2, 0.25) is 0 Å². The summed E-state index contributed by atoms with van der Waals surface area (Å²) >= 11 is 6.22. The Morgan fingerprint density at radius 3 is 2.50 bits per heavy atom. The van der Waals surface area contributed by atoms with Crippen LogP contribution in [-0.4, -0.2) is 9.24 Å². The molecule has 3 aromatic rings. The first-order valence-corrected chi connectivity index (χ1v) is 8.03. The van der Waals surface area contributed by atoms with Gasteiger partial charge >= 0.3 is 11.3 Å². The van der Waals surface area contributed by atoms with Crippen LogP contribution in [0, 0.1) is 10.1 Å². The van der Waals surface area contributed by atoms with Crippen molar-refractivity contribution >= 4 is 50.6 Å². The topological polar surface area (TPSA) is 85.4 Å². The van der Waals surface area contributed by atoms with Crippen molar-refractivity contribution in [3.05, 3.63) is 75.1 Å². The van der Waals surface area contributed by atoms with Crippen LogP contribution in [0.1, 0.15) is 0 Å². The van der Waals surface area contributed by atoms with Crippen LogP contribution in [-0.2, 0) is 0 Å². The summed E-state index contributed by atoms with van der Waals surface area (Å²) in [5.74, 6) is 0. The van der Waals surface area contributed by atoms with Gasteiger partial charge < -0.3 is 9.73 Å². The molecule has 0 aliphatic rings. The van der Waals surface area contributed by atoms with E-state index >= 15 is 0 Å². The van der Waals surface area contributed by atoms with E-state index in [1.807, 2.05) is 30.3 Å². The number of anilines is 1. The maximum atomic E-state index is 11.9. The highest BCUT2D eigenvalue weighted by molar-refractivity contribution is 8.23. The number of hydrogen-bond acceptors (Lipinski definition) is 6. The number of nitro groups is 1. The van der Waals surface area contributed by atoms with Gasteiger partial charge in [-0.15, -0.1) is 0 Å². The molecule has 1 heterocycles. The molecule has 2 aromatic carbocycles. The molecule has 0 atom stereocenters. The van der Waals surface area contributed by atoms with Crippen molar-refractivity contribution in [1.29, 1.82) is 0 Å². The number of hydrogen-bond donors (Lipinski definition) is 1. The highest BCUT2D eigenvalue weighted by Gasteiger charge is 2.26. The predicted octanol–water partition coefficient (Wildman–Crippen LogP) is 4.19. The molecule has 0 aliphatic heterocycles. The van der Waals surface area contributed by atoms with Crippen molar-refractivity contribution in [1.82, 2.24) is 0 Å². The number of nitrogens with zero attached hydrogens (tertiary/aromatic N) is 1. The van der Waals surface area contributed by atoms with Gasteiger partial charge in [0.15, 0.2) is 0 Å². The van der Waals surface area contributed by atoms with E-state index in [1.165, 1.54) is 0 Å². The largest absolute Gasteiger partial charge is 0.418 e. The maximum Gasteiger partial charge on any atom is 0.416 e. The van der Waals surface area contributed by atoms with Gasteiger partial charge in [0.1, 0.15) is 14.8 Å². The van der Waals surface area contributed by atoms with Gasteiger partial charge in [0.25, 0.3) is 0 Å². The van der Waals surface area contributed by atoms with E-state index in [4.69, 9.17) is 16.6 Å². The van der Waals surface area contributed by atoms with Crippen LogP contribution in [0.2, 0.25) is 0 Å². The zero-order valence-corrected chi connectivity index (χ0v) is 13.7. The van der Waals surface area contributed by atoms with Crippen molar-refractivity contribution in [2.24, 2.45) is 0 Å². The molecule has 0 saturated carbocycles. The standard InChI is InChI=1S/C16H10N2O4S2/c19-15-13(18(20)21)14(11-8-4-5-9-12(11)22-15)24-16(23)17-10-6-2-1-3-7-10/h1-9H,(H,17,23). The fourth-order valence-electron chi connectivity index (χ4n) is 2.13. The molecule has 0 bridgehead atoms. The lowest BCUT2D eigenvalue weighted by molar-refractivity contribution is -0.390. The minimum atomic E-state index is -0.997. The summed E-state index contributed by atoms with van der Waals surface area (Å²) in [5, 5.41) is 14.7. The molecule has 1 aromatic heterocycles. The van der Waals surface area contributed by atoms with E-state index in [0.29, 0.717) is 9.71 Å². The average Bonchev–Trinajstić information content (AvgIpc) is 2.55. The molecular formula is C16H10N2O4S2. The van der Waals surface area contributed by atoms with E-state index in [1.54, 1.807) is 24.3 Å². The second-order valence-corrected chi connectivity index (χ2v) is 6.39. The van der Waals surface area contributed by atoms with Crippen molar-refractivity contribution in [2.45, 2.75) is 4.90 Å². The summed E-state index contributed by atoms with van der Waals surface area (Å²) in [7, 11) is 0. The fourth-order valence-corrected chi connectivity index (χ4v) is 3.39. The van der Waals surface area contributed by atoms with E-state index in [0.717, 1.165) is 17.4 Å². The summed E-state index contributed by atoms with van der Waals surface area (Å²) in [4.78, 5) is 22.7. The van der Waals surface area contributed by atoms with Crippen LogP contribution in [0.25, 0.3) is 11.0 Å². The van der Waals surface area contributed by atoms with E-state index < -0.39 is 16.2 Å². The van der Waals surface area contributed by atoms with Crippen LogP contribution in [0.4, 0.5) is 11.4 Å². The number of nitrogens with one attached hydrogen (secondary N) is 1. The molecule has 0 fully saturated rings. The Bertz CT molecular complexity index is 986. The van der Waals surface area contributed by atoms with E-state index in [2.05, 4.69) is 5.32 Å². The molecule has 24 heavy (non-hydrogen) atoms. The lowest BCUT2D eigenvalue weighted by Gasteiger charge is -2.09. The summed E-state index contributed by atoms with van der Waals surface area (Å²) in [6.07, 6.45) is 0. The second kappa shape index (κ2) is 6.81. The Balaban J connectivity index is 2.04. The Labute approximate surface area is 145 Å². The summed E-state index contributed by atoms with van der Waals surface area (Å²) in [6.45, 7) is 0. The molecular weight excluding hydrogens is 348 g/mol. The van der Waals surface area contributed by atoms with Crippen molar-refractivity contribution < 1.29 is 9.34 Å². The number of rotatable bonds is 3.